The molecule has 0 radical (unpaired) electrons. The molecule has 0 atom stereocenters. The first-order valence-electron chi connectivity index (χ1n) is 7.76. The summed E-state index contributed by atoms with van der Waals surface area (Å²) < 4.78 is 9.34. The molecule has 1 N–H and O–H groups in total. The predicted octanol–water partition coefficient (Wildman–Crippen LogP) is 2.87. The van der Waals surface area contributed by atoms with Gasteiger partial charge in [-0.15, -0.1) is 11.8 Å². The van der Waals surface area contributed by atoms with E-state index < -0.39 is 11.9 Å². The summed E-state index contributed by atoms with van der Waals surface area (Å²) in [6, 6.07) is 4.34. The lowest BCUT2D eigenvalue weighted by Crippen LogP contribution is -2.17. The highest BCUT2D eigenvalue weighted by Gasteiger charge is 2.18. The van der Waals surface area contributed by atoms with Crippen molar-refractivity contribution in [3.05, 3.63) is 29.3 Å². The number of amides is 1. The van der Waals surface area contributed by atoms with Gasteiger partial charge in [0.2, 0.25) is 5.91 Å². The van der Waals surface area contributed by atoms with Crippen molar-refractivity contribution >= 4 is 35.3 Å². The van der Waals surface area contributed by atoms with Gasteiger partial charge in [-0.2, -0.15) is 0 Å². The van der Waals surface area contributed by atoms with E-state index >= 15 is 0 Å². The second-order valence-corrected chi connectivity index (χ2v) is 6.84. The number of anilines is 1. The van der Waals surface area contributed by atoms with Crippen molar-refractivity contribution in [3.63, 3.8) is 0 Å². The van der Waals surface area contributed by atoms with E-state index in [1.807, 2.05) is 0 Å². The summed E-state index contributed by atoms with van der Waals surface area (Å²) in [5, 5.41) is 3.27. The van der Waals surface area contributed by atoms with Crippen molar-refractivity contribution in [2.24, 2.45) is 0 Å². The molecule has 2 rings (SSSR count). The highest BCUT2D eigenvalue weighted by molar-refractivity contribution is 8.00. The summed E-state index contributed by atoms with van der Waals surface area (Å²) in [5.74, 6) is -0.987. The van der Waals surface area contributed by atoms with E-state index in [4.69, 9.17) is 0 Å². The second kappa shape index (κ2) is 8.73. The monoisotopic (exact) mass is 351 g/mol. The smallest absolute Gasteiger partial charge is 0.337 e. The molecular formula is C17H21NO5S. The Bertz CT molecular complexity index is 591. The molecule has 24 heavy (non-hydrogen) atoms. The molecule has 0 aliphatic heterocycles. The average Bonchev–Trinajstić information content (AvgIpc) is 3.11. The molecule has 1 aliphatic rings. The number of rotatable bonds is 6. The molecule has 0 bridgehead atoms. The summed E-state index contributed by atoms with van der Waals surface area (Å²) in [6.45, 7) is 0. The van der Waals surface area contributed by atoms with Gasteiger partial charge in [0, 0.05) is 10.9 Å². The van der Waals surface area contributed by atoms with Gasteiger partial charge in [0.25, 0.3) is 0 Å². The molecule has 130 valence electrons. The van der Waals surface area contributed by atoms with E-state index in [1.54, 1.807) is 11.8 Å². The minimum absolute atomic E-state index is 0.162. The molecule has 0 heterocycles. The molecule has 1 aromatic carbocycles. The standard InChI is InChI=1S/C17H21NO5S/c1-22-16(20)11-7-12(17(21)23-2)9-13(8-11)18-15(19)10-24-14-5-3-4-6-14/h7-9,14H,3-6,10H2,1-2H3,(H,18,19). The van der Waals surface area contributed by atoms with Gasteiger partial charge in [0.1, 0.15) is 0 Å². The molecule has 1 aliphatic carbocycles. The maximum Gasteiger partial charge on any atom is 0.337 e. The largest absolute Gasteiger partial charge is 0.465 e. The number of ether oxygens (including phenoxy) is 2. The molecule has 0 unspecified atom stereocenters. The topological polar surface area (TPSA) is 81.7 Å². The first-order valence-corrected chi connectivity index (χ1v) is 8.81. The van der Waals surface area contributed by atoms with Crippen LogP contribution in [0.4, 0.5) is 5.69 Å². The number of carbonyl (C=O) groups excluding carboxylic acids is 3. The van der Waals surface area contributed by atoms with E-state index in [1.165, 1.54) is 45.3 Å². The summed E-state index contributed by atoms with van der Waals surface area (Å²) >= 11 is 1.65. The number of nitrogens with one attached hydrogen (secondary N) is 1. The van der Waals surface area contributed by atoms with Crippen molar-refractivity contribution in [2.75, 3.05) is 25.3 Å². The fourth-order valence-corrected chi connectivity index (χ4v) is 3.74. The van der Waals surface area contributed by atoms with Crippen LogP contribution >= 0.6 is 11.8 Å². The number of esters is 2. The summed E-state index contributed by atoms with van der Waals surface area (Å²) in [4.78, 5) is 35.6. The lowest BCUT2D eigenvalue weighted by molar-refractivity contribution is -0.113. The van der Waals surface area contributed by atoms with Crippen LogP contribution in [0.2, 0.25) is 0 Å². The normalized spacial score (nSPS) is 14.2. The minimum atomic E-state index is -0.586. The van der Waals surface area contributed by atoms with Crippen LogP contribution in [0.25, 0.3) is 0 Å². The van der Waals surface area contributed by atoms with Gasteiger partial charge in [-0.1, -0.05) is 12.8 Å². The molecule has 0 aromatic heterocycles. The van der Waals surface area contributed by atoms with Crippen LogP contribution in [0.5, 0.6) is 0 Å². The van der Waals surface area contributed by atoms with Crippen LogP contribution in [-0.2, 0) is 14.3 Å². The van der Waals surface area contributed by atoms with Crippen LogP contribution in [0, 0.1) is 0 Å². The third-order valence-electron chi connectivity index (χ3n) is 3.81. The Hall–Kier alpha value is -2.02. The zero-order chi connectivity index (χ0) is 17.5. The second-order valence-electron chi connectivity index (χ2n) is 5.55. The average molecular weight is 351 g/mol. The van der Waals surface area contributed by atoms with Gasteiger partial charge in [-0.05, 0) is 31.0 Å². The molecule has 1 saturated carbocycles. The first kappa shape index (κ1) is 18.3. The molecule has 0 spiro atoms. The number of thioether (sulfide) groups is 1. The van der Waals surface area contributed by atoms with Gasteiger partial charge >= 0.3 is 11.9 Å². The number of benzene rings is 1. The number of carbonyl (C=O) groups is 3. The minimum Gasteiger partial charge on any atom is -0.465 e. The van der Waals surface area contributed by atoms with Crippen molar-refractivity contribution in [1.29, 1.82) is 0 Å². The van der Waals surface area contributed by atoms with E-state index in [9.17, 15) is 14.4 Å². The fourth-order valence-electron chi connectivity index (χ4n) is 2.62. The number of methoxy groups -OCH3 is 2. The third kappa shape index (κ3) is 4.99. The quantitative estimate of drug-likeness (QED) is 0.794. The Morgan fingerprint density at radius 3 is 2.08 bits per heavy atom. The molecule has 1 amide bonds. The van der Waals surface area contributed by atoms with Gasteiger partial charge in [-0.25, -0.2) is 9.59 Å². The maximum atomic E-state index is 12.1. The molecule has 1 aromatic rings. The van der Waals surface area contributed by atoms with E-state index in [2.05, 4.69) is 14.8 Å². The summed E-state index contributed by atoms with van der Waals surface area (Å²) in [6.07, 6.45) is 4.76. The Balaban J connectivity index is 2.07. The lowest BCUT2D eigenvalue weighted by Gasteiger charge is -2.11. The summed E-state index contributed by atoms with van der Waals surface area (Å²) in [5.41, 5.74) is 0.730. The Morgan fingerprint density at radius 1 is 1.04 bits per heavy atom. The Labute approximate surface area is 145 Å². The maximum absolute atomic E-state index is 12.1. The SMILES string of the molecule is COC(=O)c1cc(NC(=O)CSC2CCCC2)cc(C(=O)OC)c1. The van der Waals surface area contributed by atoms with Gasteiger partial charge < -0.3 is 14.8 Å². The molecule has 6 nitrogen and oxygen atoms in total. The first-order chi connectivity index (χ1) is 11.5. The lowest BCUT2D eigenvalue weighted by atomic mass is 10.1. The van der Waals surface area contributed by atoms with Gasteiger partial charge in [0.15, 0.2) is 0 Å². The molecule has 1 fully saturated rings. The van der Waals surface area contributed by atoms with Gasteiger partial charge in [-0.3, -0.25) is 4.79 Å². The van der Waals surface area contributed by atoms with Crippen molar-refractivity contribution < 1.29 is 23.9 Å². The van der Waals surface area contributed by atoms with E-state index in [0.717, 1.165) is 12.8 Å². The van der Waals surface area contributed by atoms with Crippen LogP contribution in [0.1, 0.15) is 46.4 Å². The van der Waals surface area contributed by atoms with Crippen molar-refractivity contribution in [2.45, 2.75) is 30.9 Å². The number of hydrogen-bond acceptors (Lipinski definition) is 6. The van der Waals surface area contributed by atoms with Crippen LogP contribution in [0.3, 0.4) is 0 Å². The highest BCUT2D eigenvalue weighted by Crippen LogP contribution is 2.29. The summed E-state index contributed by atoms with van der Waals surface area (Å²) in [7, 11) is 2.51. The predicted molar refractivity (Wildman–Crippen MR) is 92.5 cm³/mol. The van der Waals surface area contributed by atoms with E-state index in [0.29, 0.717) is 16.7 Å². The molecular weight excluding hydrogens is 330 g/mol. The van der Waals surface area contributed by atoms with Crippen LogP contribution in [-0.4, -0.2) is 43.1 Å². The Morgan fingerprint density at radius 2 is 1.58 bits per heavy atom. The Kier molecular flexibility index (Phi) is 6.66. The van der Waals surface area contributed by atoms with E-state index in [-0.39, 0.29) is 17.0 Å². The zero-order valence-corrected chi connectivity index (χ0v) is 14.6. The molecule has 7 heteroatoms. The fraction of sp³-hybridized carbons (Fsp3) is 0.471. The van der Waals surface area contributed by atoms with Crippen LogP contribution < -0.4 is 5.32 Å². The third-order valence-corrected chi connectivity index (χ3v) is 5.18. The van der Waals surface area contributed by atoms with Crippen molar-refractivity contribution in [3.8, 4) is 0 Å². The zero-order valence-electron chi connectivity index (χ0n) is 13.8. The highest BCUT2D eigenvalue weighted by atomic mass is 32.2. The van der Waals surface area contributed by atoms with Crippen LogP contribution in [0.15, 0.2) is 18.2 Å². The van der Waals surface area contributed by atoms with Crippen molar-refractivity contribution in [1.82, 2.24) is 0 Å². The van der Waals surface area contributed by atoms with Gasteiger partial charge in [0.05, 0.1) is 31.1 Å². The molecule has 0 saturated heterocycles. The number of hydrogen-bond donors (Lipinski definition) is 1.